The van der Waals surface area contributed by atoms with Gasteiger partial charge in [0.05, 0.1) is 0 Å². The number of nitrogens with zero attached hydrogens (tertiary/aromatic N) is 1. The van der Waals surface area contributed by atoms with E-state index in [1.54, 1.807) is 30.3 Å². The monoisotopic (exact) mass is 241 g/mol. The molecule has 0 atom stereocenters. The molecule has 0 spiro atoms. The molecule has 1 aromatic heterocycles. The number of aromatic nitrogens is 1. The Kier molecular flexibility index (Phi) is 2.30. The van der Waals surface area contributed by atoms with E-state index in [4.69, 9.17) is 10.2 Å². The number of hydrogen-bond acceptors (Lipinski definition) is 5. The molecule has 1 heterocycles. The molecule has 0 bridgehead atoms. The molecule has 18 heavy (non-hydrogen) atoms. The second-order valence-electron chi connectivity index (χ2n) is 3.92. The van der Waals surface area contributed by atoms with Crippen LogP contribution in [0.3, 0.4) is 0 Å². The van der Waals surface area contributed by atoms with Gasteiger partial charge in [-0.15, -0.1) is 0 Å². The molecule has 0 aliphatic carbocycles. The van der Waals surface area contributed by atoms with Crippen molar-refractivity contribution in [1.29, 1.82) is 0 Å². The molecular formula is C13H11N3O2. The number of hydrogen-bond donors (Lipinski definition) is 3. The summed E-state index contributed by atoms with van der Waals surface area (Å²) in [6, 6.07) is 12.4. The van der Waals surface area contributed by atoms with Gasteiger partial charge in [-0.25, -0.2) is 0 Å². The first-order chi connectivity index (χ1) is 8.70. The van der Waals surface area contributed by atoms with Crippen molar-refractivity contribution in [3.63, 3.8) is 0 Å². The summed E-state index contributed by atoms with van der Waals surface area (Å²) in [5, 5.41) is 12.4. The Morgan fingerprint density at radius 2 is 1.89 bits per heavy atom. The van der Waals surface area contributed by atoms with E-state index in [1.807, 2.05) is 12.1 Å². The summed E-state index contributed by atoms with van der Waals surface area (Å²) in [7, 11) is 0. The third-order valence-electron chi connectivity index (χ3n) is 2.53. The lowest BCUT2D eigenvalue weighted by Gasteiger charge is -2.00. The van der Waals surface area contributed by atoms with Crippen molar-refractivity contribution in [1.82, 2.24) is 4.98 Å². The number of nitrogens with two attached hydrogens (primary N) is 1. The highest BCUT2D eigenvalue weighted by molar-refractivity contribution is 5.76. The largest absolute Gasteiger partial charge is 0.508 e. The molecule has 0 aliphatic heterocycles. The zero-order valence-electron chi connectivity index (χ0n) is 9.42. The summed E-state index contributed by atoms with van der Waals surface area (Å²) in [6.45, 7) is 0. The van der Waals surface area contributed by atoms with Crippen LogP contribution in [0.2, 0.25) is 0 Å². The van der Waals surface area contributed by atoms with Crippen LogP contribution in [0.5, 0.6) is 5.75 Å². The fraction of sp³-hybridized carbons (Fsp3) is 0. The topological polar surface area (TPSA) is 84.3 Å². The average Bonchev–Trinajstić information content (AvgIpc) is 2.73. The van der Waals surface area contributed by atoms with E-state index in [0.29, 0.717) is 22.8 Å². The molecular weight excluding hydrogens is 230 g/mol. The highest BCUT2D eigenvalue weighted by atomic mass is 16.4. The van der Waals surface area contributed by atoms with Gasteiger partial charge < -0.3 is 20.6 Å². The Balaban J connectivity index is 1.92. The van der Waals surface area contributed by atoms with Gasteiger partial charge in [0, 0.05) is 17.4 Å². The van der Waals surface area contributed by atoms with Gasteiger partial charge in [-0.1, -0.05) is 0 Å². The molecule has 0 unspecified atom stereocenters. The first-order valence-corrected chi connectivity index (χ1v) is 5.43. The predicted molar refractivity (Wildman–Crippen MR) is 69.8 cm³/mol. The van der Waals surface area contributed by atoms with Crippen LogP contribution in [-0.2, 0) is 0 Å². The standard InChI is InChI=1S/C13H11N3O2/c14-8-1-3-9(4-2-8)15-13-16-11-7-10(17)5-6-12(11)18-13/h1-7,17H,14H2,(H,15,16). The fourth-order valence-corrected chi connectivity index (χ4v) is 1.66. The van der Waals surface area contributed by atoms with Gasteiger partial charge >= 0.3 is 0 Å². The van der Waals surface area contributed by atoms with Gasteiger partial charge in [0.15, 0.2) is 5.58 Å². The van der Waals surface area contributed by atoms with Crippen molar-refractivity contribution in [3.05, 3.63) is 42.5 Å². The quantitative estimate of drug-likeness (QED) is 0.601. The van der Waals surface area contributed by atoms with Crippen molar-refractivity contribution in [2.24, 2.45) is 0 Å². The highest BCUT2D eigenvalue weighted by Gasteiger charge is 2.06. The summed E-state index contributed by atoms with van der Waals surface area (Å²) in [4.78, 5) is 4.22. The lowest BCUT2D eigenvalue weighted by atomic mass is 10.3. The van der Waals surface area contributed by atoms with E-state index in [0.717, 1.165) is 5.69 Å². The maximum atomic E-state index is 9.34. The number of anilines is 3. The van der Waals surface area contributed by atoms with Crippen molar-refractivity contribution in [2.75, 3.05) is 11.1 Å². The van der Waals surface area contributed by atoms with Crippen LogP contribution in [0.25, 0.3) is 11.1 Å². The van der Waals surface area contributed by atoms with Crippen LogP contribution in [0.1, 0.15) is 0 Å². The van der Waals surface area contributed by atoms with Crippen LogP contribution in [0.4, 0.5) is 17.4 Å². The van der Waals surface area contributed by atoms with Crippen molar-refractivity contribution < 1.29 is 9.52 Å². The number of phenolic OH excluding ortho intramolecular Hbond substituents is 1. The van der Waals surface area contributed by atoms with Crippen molar-refractivity contribution in [3.8, 4) is 5.75 Å². The molecule has 2 aromatic carbocycles. The fourth-order valence-electron chi connectivity index (χ4n) is 1.66. The number of oxazole rings is 1. The van der Waals surface area contributed by atoms with E-state index >= 15 is 0 Å². The third-order valence-corrected chi connectivity index (χ3v) is 2.53. The third kappa shape index (κ3) is 1.93. The maximum absolute atomic E-state index is 9.34. The zero-order valence-corrected chi connectivity index (χ0v) is 9.42. The molecule has 0 saturated carbocycles. The molecule has 5 nitrogen and oxygen atoms in total. The molecule has 4 N–H and O–H groups in total. The average molecular weight is 241 g/mol. The Morgan fingerprint density at radius 3 is 2.67 bits per heavy atom. The highest BCUT2D eigenvalue weighted by Crippen LogP contribution is 2.25. The van der Waals surface area contributed by atoms with Crippen LogP contribution < -0.4 is 11.1 Å². The molecule has 0 amide bonds. The number of fused-ring (bicyclic) bond motifs is 1. The number of aromatic hydroxyl groups is 1. The van der Waals surface area contributed by atoms with Crippen molar-refractivity contribution >= 4 is 28.5 Å². The van der Waals surface area contributed by atoms with Crippen LogP contribution >= 0.6 is 0 Å². The first kappa shape index (κ1) is 10.5. The summed E-state index contributed by atoms with van der Waals surface area (Å²) >= 11 is 0. The lowest BCUT2D eigenvalue weighted by Crippen LogP contribution is -1.90. The second-order valence-corrected chi connectivity index (χ2v) is 3.92. The smallest absolute Gasteiger partial charge is 0.300 e. The van der Waals surface area contributed by atoms with E-state index in [2.05, 4.69) is 10.3 Å². The zero-order chi connectivity index (χ0) is 12.5. The van der Waals surface area contributed by atoms with Crippen LogP contribution in [0.15, 0.2) is 46.9 Å². The van der Waals surface area contributed by atoms with Gasteiger partial charge in [-0.3, -0.25) is 0 Å². The minimum absolute atomic E-state index is 0.162. The summed E-state index contributed by atoms with van der Waals surface area (Å²) in [5.41, 5.74) is 8.35. The van der Waals surface area contributed by atoms with Crippen LogP contribution in [-0.4, -0.2) is 10.1 Å². The maximum Gasteiger partial charge on any atom is 0.300 e. The summed E-state index contributed by atoms with van der Waals surface area (Å²) in [6.07, 6.45) is 0. The first-order valence-electron chi connectivity index (χ1n) is 5.43. The van der Waals surface area contributed by atoms with E-state index in [9.17, 15) is 5.11 Å². The molecule has 0 saturated heterocycles. The summed E-state index contributed by atoms with van der Waals surface area (Å²) in [5.74, 6) is 0.162. The van der Waals surface area contributed by atoms with Crippen LogP contribution in [0, 0.1) is 0 Å². The number of phenols is 1. The molecule has 5 heteroatoms. The second kappa shape index (κ2) is 3.96. The van der Waals surface area contributed by atoms with Gasteiger partial charge in [-0.05, 0) is 36.4 Å². The number of nitrogens with one attached hydrogen (secondary N) is 1. The van der Waals surface area contributed by atoms with Crippen molar-refractivity contribution in [2.45, 2.75) is 0 Å². The number of rotatable bonds is 2. The van der Waals surface area contributed by atoms with Gasteiger partial charge in [0.1, 0.15) is 11.3 Å². The molecule has 0 aliphatic rings. The van der Waals surface area contributed by atoms with E-state index in [-0.39, 0.29) is 5.75 Å². The Morgan fingerprint density at radius 1 is 1.11 bits per heavy atom. The van der Waals surface area contributed by atoms with Gasteiger partial charge in [-0.2, -0.15) is 4.98 Å². The van der Waals surface area contributed by atoms with E-state index in [1.165, 1.54) is 0 Å². The minimum atomic E-state index is 0.162. The van der Waals surface area contributed by atoms with Gasteiger partial charge in [0.25, 0.3) is 6.01 Å². The lowest BCUT2D eigenvalue weighted by molar-refractivity contribution is 0.476. The molecule has 0 radical (unpaired) electrons. The molecule has 0 fully saturated rings. The van der Waals surface area contributed by atoms with E-state index < -0.39 is 0 Å². The Hall–Kier alpha value is -2.69. The minimum Gasteiger partial charge on any atom is -0.508 e. The molecule has 3 rings (SSSR count). The Bertz CT molecular complexity index is 689. The molecule has 90 valence electrons. The SMILES string of the molecule is Nc1ccc(Nc2nc3cc(O)ccc3o2)cc1. The summed E-state index contributed by atoms with van der Waals surface area (Å²) < 4.78 is 5.49. The number of benzene rings is 2. The van der Waals surface area contributed by atoms with Gasteiger partial charge in [0.2, 0.25) is 0 Å². The number of nitrogen functional groups attached to an aromatic ring is 1. The molecule has 3 aromatic rings. The Labute approximate surface area is 103 Å². The predicted octanol–water partition coefficient (Wildman–Crippen LogP) is 2.86. The normalized spacial score (nSPS) is 10.7.